The number of hydrogen-bond acceptors (Lipinski definition) is 5. The molecular weight excluding hydrogens is 470 g/mol. The van der Waals surface area contributed by atoms with Gasteiger partial charge in [-0.05, 0) is 69.9 Å². The Hall–Kier alpha value is -3.10. The van der Waals surface area contributed by atoms with Crippen LogP contribution < -0.4 is 10.6 Å². The Morgan fingerprint density at radius 3 is 2.26 bits per heavy atom. The fourth-order valence-electron chi connectivity index (χ4n) is 3.48. The van der Waals surface area contributed by atoms with Gasteiger partial charge in [0.15, 0.2) is 0 Å². The van der Waals surface area contributed by atoms with Crippen LogP contribution in [-0.2, 0) is 14.3 Å². The Morgan fingerprint density at radius 1 is 1.06 bits per heavy atom. The highest BCUT2D eigenvalue weighted by atomic mass is 35.5. The molecule has 0 spiro atoms. The van der Waals surface area contributed by atoms with Gasteiger partial charge in [0.05, 0.1) is 17.3 Å². The molecule has 2 aromatic carbocycles. The molecule has 2 unspecified atom stereocenters. The Bertz CT molecular complexity index is 1080. The molecule has 8 nitrogen and oxygen atoms in total. The van der Waals surface area contributed by atoms with Crippen LogP contribution >= 0.6 is 11.6 Å². The summed E-state index contributed by atoms with van der Waals surface area (Å²) in [6.45, 7) is 10.1. The SMILES string of the molecule is Cc1ccc(C(C(=O)Nc2c(C)cccc2Cl)N(C)C(=O)C(CO)NC(=O)OC(C)(C)C)cc1C. The fraction of sp³-hybridized carbons (Fsp3) is 0.423. The number of hydrogen-bond donors (Lipinski definition) is 3. The van der Waals surface area contributed by atoms with Crippen LogP contribution in [0.4, 0.5) is 10.5 Å². The van der Waals surface area contributed by atoms with Gasteiger partial charge in [0.2, 0.25) is 5.91 Å². The second-order valence-electron chi connectivity index (χ2n) is 9.50. The second-order valence-corrected chi connectivity index (χ2v) is 9.90. The summed E-state index contributed by atoms with van der Waals surface area (Å²) in [5.74, 6) is -1.15. The van der Waals surface area contributed by atoms with Gasteiger partial charge in [-0.3, -0.25) is 9.59 Å². The van der Waals surface area contributed by atoms with E-state index in [9.17, 15) is 19.5 Å². The third-order valence-corrected chi connectivity index (χ3v) is 5.79. The van der Waals surface area contributed by atoms with Crippen molar-refractivity contribution in [2.45, 2.75) is 59.2 Å². The standard InChI is InChI=1S/C26H34ClN3O5/c1-15-11-12-18(13-17(15)3)22(23(32)29-21-16(2)9-8-10-19(21)27)30(7)24(33)20(14-31)28-25(34)35-26(4,5)6/h8-13,20,22,31H,14H2,1-7H3,(H,28,34)(H,29,32). The van der Waals surface area contributed by atoms with Crippen molar-refractivity contribution < 1.29 is 24.2 Å². The van der Waals surface area contributed by atoms with Gasteiger partial charge in [0.1, 0.15) is 17.7 Å². The van der Waals surface area contributed by atoms with Gasteiger partial charge in [-0.15, -0.1) is 0 Å². The Morgan fingerprint density at radius 2 is 1.71 bits per heavy atom. The number of aryl methyl sites for hydroxylation is 3. The van der Waals surface area contributed by atoms with Crippen LogP contribution in [0.1, 0.15) is 49.1 Å². The number of nitrogens with zero attached hydrogens (tertiary/aromatic N) is 1. The molecule has 2 aromatic rings. The summed E-state index contributed by atoms with van der Waals surface area (Å²) in [5.41, 5.74) is 2.97. The molecule has 0 radical (unpaired) electrons. The maximum Gasteiger partial charge on any atom is 0.408 e. The smallest absolute Gasteiger partial charge is 0.408 e. The predicted octanol–water partition coefficient (Wildman–Crippen LogP) is 4.29. The van der Waals surface area contributed by atoms with Gasteiger partial charge in [-0.25, -0.2) is 4.79 Å². The number of para-hydroxylation sites is 1. The van der Waals surface area contributed by atoms with Crippen molar-refractivity contribution in [3.05, 3.63) is 63.7 Å². The largest absolute Gasteiger partial charge is 0.444 e. The molecule has 0 heterocycles. The minimum atomic E-state index is -1.31. The molecule has 3 amide bonds. The highest BCUT2D eigenvalue weighted by Crippen LogP contribution is 2.29. The number of carbonyl (C=O) groups excluding carboxylic acids is 3. The molecule has 0 aromatic heterocycles. The molecule has 3 N–H and O–H groups in total. The third-order valence-electron chi connectivity index (χ3n) is 5.47. The van der Waals surface area contributed by atoms with Crippen molar-refractivity contribution in [2.75, 3.05) is 19.0 Å². The molecule has 190 valence electrons. The molecule has 2 rings (SSSR count). The summed E-state index contributed by atoms with van der Waals surface area (Å²) in [4.78, 5) is 40.3. The first-order valence-electron chi connectivity index (χ1n) is 11.2. The van der Waals surface area contributed by atoms with Gasteiger partial charge in [0, 0.05) is 7.05 Å². The van der Waals surface area contributed by atoms with Crippen molar-refractivity contribution in [3.8, 4) is 0 Å². The summed E-state index contributed by atoms with van der Waals surface area (Å²) >= 11 is 6.31. The number of rotatable bonds is 7. The van der Waals surface area contributed by atoms with Gasteiger partial charge < -0.3 is 25.4 Å². The number of amides is 3. The van der Waals surface area contributed by atoms with Crippen molar-refractivity contribution in [1.29, 1.82) is 0 Å². The van der Waals surface area contributed by atoms with Crippen molar-refractivity contribution in [2.24, 2.45) is 0 Å². The van der Waals surface area contributed by atoms with Crippen LogP contribution in [0.25, 0.3) is 0 Å². The Balaban J connectivity index is 2.41. The highest BCUT2D eigenvalue weighted by molar-refractivity contribution is 6.34. The van der Waals surface area contributed by atoms with Gasteiger partial charge in [-0.2, -0.15) is 0 Å². The first-order valence-corrected chi connectivity index (χ1v) is 11.6. The zero-order valence-electron chi connectivity index (χ0n) is 21.2. The number of benzene rings is 2. The lowest BCUT2D eigenvalue weighted by atomic mass is 9.98. The molecule has 0 fully saturated rings. The van der Waals surface area contributed by atoms with E-state index in [0.717, 1.165) is 16.7 Å². The van der Waals surface area contributed by atoms with Crippen LogP contribution in [-0.4, -0.2) is 53.2 Å². The highest BCUT2D eigenvalue weighted by Gasteiger charge is 2.34. The number of nitrogens with one attached hydrogen (secondary N) is 2. The lowest BCUT2D eigenvalue weighted by molar-refractivity contribution is -0.139. The molecule has 0 aliphatic heterocycles. The van der Waals surface area contributed by atoms with E-state index in [2.05, 4.69) is 10.6 Å². The second kappa shape index (κ2) is 11.6. The lowest BCUT2D eigenvalue weighted by Crippen LogP contribution is -2.52. The summed E-state index contributed by atoms with van der Waals surface area (Å²) in [6.07, 6.45) is -0.850. The van der Waals surface area contributed by atoms with Crippen LogP contribution in [0.15, 0.2) is 36.4 Å². The van der Waals surface area contributed by atoms with Crippen LogP contribution in [0, 0.1) is 20.8 Å². The van der Waals surface area contributed by atoms with Gasteiger partial charge in [0.25, 0.3) is 5.91 Å². The zero-order chi connectivity index (χ0) is 26.5. The topological polar surface area (TPSA) is 108 Å². The van der Waals surface area contributed by atoms with Gasteiger partial charge in [-0.1, -0.05) is 41.9 Å². The third kappa shape index (κ3) is 7.44. The number of ether oxygens (including phenoxy) is 1. The normalized spacial score (nSPS) is 12.9. The molecule has 0 aliphatic carbocycles. The lowest BCUT2D eigenvalue weighted by Gasteiger charge is -2.31. The predicted molar refractivity (Wildman–Crippen MR) is 136 cm³/mol. The van der Waals surface area contributed by atoms with E-state index in [1.165, 1.54) is 11.9 Å². The van der Waals surface area contributed by atoms with E-state index < -0.39 is 42.2 Å². The number of alkyl carbamates (subject to hydrolysis) is 1. The molecule has 0 aliphatic rings. The quantitative estimate of drug-likeness (QED) is 0.522. The number of anilines is 1. The number of aliphatic hydroxyl groups is 1. The molecule has 0 bridgehead atoms. The average Bonchev–Trinajstić information content (AvgIpc) is 2.75. The van der Waals surface area contributed by atoms with Crippen molar-refractivity contribution >= 4 is 35.2 Å². The average molecular weight is 504 g/mol. The van der Waals surface area contributed by atoms with E-state index in [4.69, 9.17) is 16.3 Å². The summed E-state index contributed by atoms with van der Waals surface area (Å²) in [6, 6.07) is 8.35. The van der Waals surface area contributed by atoms with E-state index in [-0.39, 0.29) is 0 Å². The van der Waals surface area contributed by atoms with E-state index in [0.29, 0.717) is 16.3 Å². The zero-order valence-corrected chi connectivity index (χ0v) is 22.0. The number of aliphatic hydroxyl groups excluding tert-OH is 1. The van der Waals surface area contributed by atoms with Crippen LogP contribution in [0.2, 0.25) is 5.02 Å². The van der Waals surface area contributed by atoms with Crippen LogP contribution in [0.3, 0.4) is 0 Å². The first kappa shape index (κ1) is 28.1. The molecule has 35 heavy (non-hydrogen) atoms. The molecule has 0 saturated heterocycles. The molecule has 9 heteroatoms. The monoisotopic (exact) mass is 503 g/mol. The van der Waals surface area contributed by atoms with Crippen molar-refractivity contribution in [1.82, 2.24) is 10.2 Å². The number of halogens is 1. The summed E-state index contributed by atoms with van der Waals surface area (Å²) in [7, 11) is 1.45. The van der Waals surface area contributed by atoms with Crippen molar-refractivity contribution in [3.63, 3.8) is 0 Å². The van der Waals surface area contributed by atoms with E-state index >= 15 is 0 Å². The van der Waals surface area contributed by atoms with E-state index in [1.54, 1.807) is 39.0 Å². The number of likely N-dealkylation sites (N-methyl/N-ethyl adjacent to an activating group) is 1. The molecular formula is C26H34ClN3O5. The first-order chi connectivity index (χ1) is 16.2. The minimum Gasteiger partial charge on any atom is -0.444 e. The van der Waals surface area contributed by atoms with Crippen LogP contribution in [0.5, 0.6) is 0 Å². The maximum absolute atomic E-state index is 13.5. The summed E-state index contributed by atoms with van der Waals surface area (Å²) in [5, 5.41) is 15.4. The fourth-order valence-corrected chi connectivity index (χ4v) is 3.74. The summed E-state index contributed by atoms with van der Waals surface area (Å²) < 4.78 is 5.20. The number of carbonyl (C=O) groups is 3. The maximum atomic E-state index is 13.5. The Kier molecular flexibility index (Phi) is 9.29. The minimum absolute atomic E-state index is 0.367. The van der Waals surface area contributed by atoms with E-state index in [1.807, 2.05) is 39.0 Å². The van der Waals surface area contributed by atoms with Gasteiger partial charge >= 0.3 is 6.09 Å². The Labute approximate surface area is 211 Å². The molecule has 0 saturated carbocycles. The molecule has 2 atom stereocenters.